The number of nitrogens with one attached hydrogen (secondary N) is 1. The smallest absolute Gasteiger partial charge is 0.325 e. The highest BCUT2D eigenvalue weighted by atomic mass is 35.5. The normalized spacial score (nSPS) is 15.1. The van der Waals surface area contributed by atoms with E-state index in [4.69, 9.17) is 11.6 Å². The summed E-state index contributed by atoms with van der Waals surface area (Å²) in [6, 6.07) is 5.18. The molecule has 1 aliphatic rings. The van der Waals surface area contributed by atoms with Crippen molar-refractivity contribution in [3.05, 3.63) is 40.4 Å². The Morgan fingerprint density at radius 3 is 2.76 bits per heavy atom. The highest BCUT2D eigenvalue weighted by Crippen LogP contribution is 2.29. The van der Waals surface area contributed by atoms with Crippen molar-refractivity contribution < 1.29 is 18.0 Å². The molecule has 0 radical (unpaired) electrons. The van der Waals surface area contributed by atoms with Crippen LogP contribution < -0.4 is 5.32 Å². The summed E-state index contributed by atoms with van der Waals surface area (Å²) in [5.41, 5.74) is 1.47. The number of hydrogen-bond acceptors (Lipinski definition) is 4. The summed E-state index contributed by atoms with van der Waals surface area (Å²) in [6.45, 7) is 2.41. The van der Waals surface area contributed by atoms with E-state index in [9.17, 15) is 18.0 Å². The number of alkyl halides is 3. The fourth-order valence-electron chi connectivity index (χ4n) is 2.63. The first-order chi connectivity index (χ1) is 11.7. The number of carbonyl (C=O) groups is 1. The van der Waals surface area contributed by atoms with Crippen molar-refractivity contribution in [2.75, 3.05) is 18.4 Å². The first-order valence-electron chi connectivity index (χ1n) is 7.51. The highest BCUT2D eigenvalue weighted by molar-refractivity contribution is 6.31. The molecule has 0 unspecified atom stereocenters. The first kappa shape index (κ1) is 17.7. The van der Waals surface area contributed by atoms with Gasteiger partial charge >= 0.3 is 6.18 Å². The van der Waals surface area contributed by atoms with Gasteiger partial charge < -0.3 is 9.88 Å². The van der Waals surface area contributed by atoms with Gasteiger partial charge in [-0.15, -0.1) is 10.2 Å². The zero-order valence-corrected chi connectivity index (χ0v) is 14.0. The van der Waals surface area contributed by atoms with Gasteiger partial charge in [0.2, 0.25) is 11.7 Å². The Kier molecular flexibility index (Phi) is 4.70. The molecule has 2 aromatic rings. The van der Waals surface area contributed by atoms with E-state index in [2.05, 4.69) is 15.5 Å². The number of carbonyl (C=O) groups excluding carboxylic acids is 1. The maximum absolute atomic E-state index is 12.8. The van der Waals surface area contributed by atoms with E-state index in [-0.39, 0.29) is 31.4 Å². The van der Waals surface area contributed by atoms with Crippen molar-refractivity contribution in [2.45, 2.75) is 26.2 Å². The van der Waals surface area contributed by atoms with E-state index in [0.29, 0.717) is 17.3 Å². The molecular weight excluding hydrogens is 359 g/mol. The molecule has 1 aliphatic heterocycles. The number of benzene rings is 1. The fourth-order valence-corrected chi connectivity index (χ4v) is 2.81. The van der Waals surface area contributed by atoms with Gasteiger partial charge in [0.15, 0.2) is 0 Å². The number of aryl methyl sites for hydroxylation is 1. The zero-order chi connectivity index (χ0) is 18.2. The van der Waals surface area contributed by atoms with E-state index in [1.807, 2.05) is 6.92 Å². The molecule has 0 aliphatic carbocycles. The predicted octanol–water partition coefficient (Wildman–Crippen LogP) is 2.71. The summed E-state index contributed by atoms with van der Waals surface area (Å²) < 4.78 is 39.5. The minimum absolute atomic E-state index is 0.0414. The number of amides is 1. The predicted molar refractivity (Wildman–Crippen MR) is 85.1 cm³/mol. The molecule has 0 bridgehead atoms. The van der Waals surface area contributed by atoms with Crippen molar-refractivity contribution in [1.29, 1.82) is 0 Å². The Labute approximate surface area is 146 Å². The van der Waals surface area contributed by atoms with E-state index in [1.54, 1.807) is 23.1 Å². The van der Waals surface area contributed by atoms with Crippen LogP contribution in [0.5, 0.6) is 0 Å². The van der Waals surface area contributed by atoms with Gasteiger partial charge in [-0.3, -0.25) is 9.69 Å². The second kappa shape index (κ2) is 6.64. The molecule has 0 saturated heterocycles. The van der Waals surface area contributed by atoms with Gasteiger partial charge in [-0.1, -0.05) is 17.7 Å². The van der Waals surface area contributed by atoms with Crippen LogP contribution in [0.4, 0.5) is 18.9 Å². The van der Waals surface area contributed by atoms with Crippen LogP contribution in [0.25, 0.3) is 0 Å². The summed E-state index contributed by atoms with van der Waals surface area (Å²) >= 11 is 6.01. The topological polar surface area (TPSA) is 63.1 Å². The monoisotopic (exact) mass is 373 g/mol. The van der Waals surface area contributed by atoms with Gasteiger partial charge in [-0.2, -0.15) is 13.2 Å². The third kappa shape index (κ3) is 3.93. The Bertz CT molecular complexity index is 805. The number of halogens is 4. The highest BCUT2D eigenvalue weighted by Gasteiger charge is 2.39. The van der Waals surface area contributed by atoms with E-state index >= 15 is 0 Å². The summed E-state index contributed by atoms with van der Waals surface area (Å²) in [4.78, 5) is 13.9. The summed E-state index contributed by atoms with van der Waals surface area (Å²) in [5, 5.41) is 10.1. The molecule has 10 heteroatoms. The van der Waals surface area contributed by atoms with Crippen LogP contribution >= 0.6 is 11.6 Å². The van der Waals surface area contributed by atoms with Gasteiger partial charge in [0.25, 0.3) is 0 Å². The lowest BCUT2D eigenvalue weighted by Crippen LogP contribution is -2.40. The van der Waals surface area contributed by atoms with Crippen LogP contribution in [0.3, 0.4) is 0 Å². The van der Waals surface area contributed by atoms with Crippen LogP contribution in [0, 0.1) is 6.92 Å². The van der Waals surface area contributed by atoms with Crippen molar-refractivity contribution >= 4 is 23.2 Å². The average Bonchev–Trinajstić information content (AvgIpc) is 2.94. The lowest BCUT2D eigenvalue weighted by atomic mass is 10.2. The molecule has 25 heavy (non-hydrogen) atoms. The van der Waals surface area contributed by atoms with Crippen molar-refractivity contribution in [3.8, 4) is 0 Å². The molecule has 2 heterocycles. The Morgan fingerprint density at radius 2 is 2.08 bits per heavy atom. The van der Waals surface area contributed by atoms with Crippen LogP contribution in [0.15, 0.2) is 18.2 Å². The zero-order valence-electron chi connectivity index (χ0n) is 13.3. The number of nitrogens with zero attached hydrogens (tertiary/aromatic N) is 4. The second-order valence-electron chi connectivity index (χ2n) is 5.81. The molecule has 0 saturated carbocycles. The minimum Gasteiger partial charge on any atom is -0.325 e. The maximum Gasteiger partial charge on any atom is 0.451 e. The van der Waals surface area contributed by atoms with Gasteiger partial charge in [-0.05, 0) is 24.6 Å². The third-order valence-electron chi connectivity index (χ3n) is 3.91. The van der Waals surface area contributed by atoms with E-state index in [0.717, 1.165) is 10.1 Å². The summed E-state index contributed by atoms with van der Waals surface area (Å²) in [5.74, 6) is -1.07. The fraction of sp³-hybridized carbons (Fsp3) is 0.400. The molecule has 1 amide bonds. The summed E-state index contributed by atoms with van der Waals surface area (Å²) in [6.07, 6.45) is -4.53. The summed E-state index contributed by atoms with van der Waals surface area (Å²) in [7, 11) is 0. The van der Waals surface area contributed by atoms with Crippen LogP contribution in [0.1, 0.15) is 17.2 Å². The average molecular weight is 374 g/mol. The quantitative estimate of drug-likeness (QED) is 0.898. The minimum atomic E-state index is -4.53. The van der Waals surface area contributed by atoms with Crippen molar-refractivity contribution in [1.82, 2.24) is 19.7 Å². The van der Waals surface area contributed by atoms with E-state index < -0.39 is 12.0 Å². The lowest BCUT2D eigenvalue weighted by Gasteiger charge is -2.27. The van der Waals surface area contributed by atoms with Crippen LogP contribution in [-0.4, -0.2) is 38.7 Å². The lowest BCUT2D eigenvalue weighted by molar-refractivity contribution is -0.148. The molecule has 0 atom stereocenters. The number of aromatic nitrogens is 3. The largest absolute Gasteiger partial charge is 0.451 e. The molecule has 6 nitrogen and oxygen atoms in total. The van der Waals surface area contributed by atoms with Crippen LogP contribution in [0.2, 0.25) is 5.02 Å². The molecule has 0 spiro atoms. The van der Waals surface area contributed by atoms with Gasteiger partial charge in [0.05, 0.1) is 13.1 Å². The van der Waals surface area contributed by atoms with Crippen molar-refractivity contribution in [3.63, 3.8) is 0 Å². The molecule has 134 valence electrons. The molecular formula is C15H15ClF3N5O. The Balaban J connectivity index is 1.62. The molecule has 0 fully saturated rings. The van der Waals surface area contributed by atoms with Gasteiger partial charge in [0.1, 0.15) is 5.82 Å². The molecule has 1 N–H and O–H groups in total. The first-order valence-corrected chi connectivity index (χ1v) is 7.89. The van der Waals surface area contributed by atoms with Gasteiger partial charge in [-0.25, -0.2) is 0 Å². The van der Waals surface area contributed by atoms with Crippen molar-refractivity contribution in [2.24, 2.45) is 0 Å². The Morgan fingerprint density at radius 1 is 1.32 bits per heavy atom. The Hall–Kier alpha value is -2.13. The van der Waals surface area contributed by atoms with Gasteiger partial charge in [0, 0.05) is 23.8 Å². The molecule has 1 aromatic carbocycles. The number of hydrogen-bond donors (Lipinski definition) is 1. The van der Waals surface area contributed by atoms with E-state index in [1.165, 1.54) is 0 Å². The second-order valence-corrected chi connectivity index (χ2v) is 6.22. The van der Waals surface area contributed by atoms with Crippen LogP contribution in [-0.2, 0) is 24.1 Å². The molecule has 3 rings (SSSR count). The standard InChI is InChI=1S/C15H15ClF3N5O/c1-9-2-3-10(6-11(9)16)20-13(25)8-23-4-5-24-12(7-23)21-22-14(24)15(17,18)19/h2-3,6H,4-5,7-8H2,1H3,(H,20,25). The third-order valence-corrected chi connectivity index (χ3v) is 4.32. The molecule has 1 aromatic heterocycles. The number of anilines is 1. The number of rotatable bonds is 3. The maximum atomic E-state index is 12.8. The SMILES string of the molecule is Cc1ccc(NC(=O)CN2CCn3c(nnc3C(F)(F)F)C2)cc1Cl. The number of fused-ring (bicyclic) bond motifs is 1.